The van der Waals surface area contributed by atoms with Crippen LogP contribution in [0.15, 0.2) is 0 Å². The fourth-order valence-electron chi connectivity index (χ4n) is 0.0357. The number of hydrogen-bond acceptors (Lipinski definition) is 0. The number of hydrogen-bond donors (Lipinski definition) is 0. The van der Waals surface area contributed by atoms with E-state index in [1.807, 2.05) is 0 Å². The van der Waals surface area contributed by atoms with Crippen LogP contribution >= 0.6 is 0 Å². The minimum absolute atomic E-state index is 0.530. The van der Waals surface area contributed by atoms with Gasteiger partial charge in [-0.1, -0.05) is 0 Å². The molecule has 6 heavy (non-hydrogen) atoms. The third-order valence-corrected chi connectivity index (χ3v) is 0.142. The van der Waals surface area contributed by atoms with Crippen LogP contribution in [-0.2, 0) is 0 Å². The van der Waals surface area contributed by atoms with Crippen molar-refractivity contribution < 1.29 is 13.2 Å². The molecule has 0 bridgehead atoms. The molecule has 0 aliphatic carbocycles. The number of rotatable bonds is 0. The SMILES string of the molecule is FC#C[C](F)F. The van der Waals surface area contributed by atoms with Gasteiger partial charge >= 0.3 is 6.43 Å². The first-order chi connectivity index (χ1) is 2.77. The highest BCUT2D eigenvalue weighted by molar-refractivity contribution is 5.04. The molecule has 0 saturated heterocycles. The summed E-state index contributed by atoms with van der Waals surface area (Å²) in [5, 5.41) is 0. The van der Waals surface area contributed by atoms with E-state index in [2.05, 4.69) is 0 Å². The van der Waals surface area contributed by atoms with E-state index >= 15 is 0 Å². The van der Waals surface area contributed by atoms with Gasteiger partial charge in [0.15, 0.2) is 0 Å². The summed E-state index contributed by atoms with van der Waals surface area (Å²) in [4.78, 5) is 0. The van der Waals surface area contributed by atoms with Crippen LogP contribution in [0.3, 0.4) is 0 Å². The summed E-state index contributed by atoms with van der Waals surface area (Å²) in [6.45, 7) is 0. The van der Waals surface area contributed by atoms with Gasteiger partial charge in [-0.15, -0.1) is 4.39 Å². The molecular formula is C3F3. The van der Waals surface area contributed by atoms with E-state index in [9.17, 15) is 13.2 Å². The lowest BCUT2D eigenvalue weighted by atomic mass is 10.7. The van der Waals surface area contributed by atoms with Crippen LogP contribution in [-0.4, -0.2) is 0 Å². The predicted molar refractivity (Wildman–Crippen MR) is 14.3 cm³/mol. The molecule has 0 amide bonds. The molecule has 33 valence electrons. The summed E-state index contributed by atoms with van der Waals surface area (Å²) in [6.07, 6.45) is -1.67. The average molecular weight is 93.0 g/mol. The van der Waals surface area contributed by atoms with Gasteiger partial charge in [0.05, 0.1) is 0 Å². The third-order valence-electron chi connectivity index (χ3n) is 0.142. The summed E-state index contributed by atoms with van der Waals surface area (Å²) >= 11 is 0. The molecule has 0 rings (SSSR count). The van der Waals surface area contributed by atoms with E-state index in [4.69, 9.17) is 0 Å². The van der Waals surface area contributed by atoms with Gasteiger partial charge in [0.25, 0.3) is 0 Å². The Labute approximate surface area is 33.0 Å². The second kappa shape index (κ2) is 2.58. The Kier molecular flexibility index (Phi) is 2.30. The fraction of sp³-hybridized carbons (Fsp3) is 0. The summed E-state index contributed by atoms with van der Waals surface area (Å²) in [7, 11) is 0. The molecule has 0 aromatic rings. The van der Waals surface area contributed by atoms with Crippen molar-refractivity contribution in [2.45, 2.75) is 0 Å². The molecule has 0 aliphatic heterocycles. The summed E-state index contributed by atoms with van der Waals surface area (Å²) in [5.41, 5.74) is 0. The first-order valence-corrected chi connectivity index (χ1v) is 1.07. The molecule has 0 fully saturated rings. The standard InChI is InChI=1S/C3F3/c4-2-1-3(5)6. The molecule has 0 saturated carbocycles. The topological polar surface area (TPSA) is 0 Å². The van der Waals surface area contributed by atoms with Crippen LogP contribution in [0.1, 0.15) is 0 Å². The van der Waals surface area contributed by atoms with E-state index in [-0.39, 0.29) is 0 Å². The maximum Gasteiger partial charge on any atom is 0.384 e. The molecule has 0 aromatic carbocycles. The van der Waals surface area contributed by atoms with Crippen LogP contribution < -0.4 is 0 Å². The van der Waals surface area contributed by atoms with Crippen molar-refractivity contribution >= 4 is 0 Å². The Hall–Kier alpha value is -0.650. The normalized spacial score (nSPS) is 7.33. The lowest BCUT2D eigenvalue weighted by Crippen LogP contribution is -1.63. The average Bonchev–Trinajstić information content (AvgIpc) is 1.35. The van der Waals surface area contributed by atoms with Gasteiger partial charge in [-0.25, -0.2) is 0 Å². The fourth-order valence-corrected chi connectivity index (χ4v) is 0.0357. The van der Waals surface area contributed by atoms with Crippen LogP contribution in [0.5, 0.6) is 0 Å². The highest BCUT2D eigenvalue weighted by atomic mass is 19.3. The highest BCUT2D eigenvalue weighted by Crippen LogP contribution is 1.97. The molecule has 0 heterocycles. The largest absolute Gasteiger partial charge is 0.384 e. The molecule has 0 unspecified atom stereocenters. The third kappa shape index (κ3) is 3.35. The van der Waals surface area contributed by atoms with Gasteiger partial charge in [-0.3, -0.25) is 0 Å². The van der Waals surface area contributed by atoms with Crippen molar-refractivity contribution in [2.24, 2.45) is 0 Å². The minimum atomic E-state index is -2.20. The Balaban J connectivity index is 3.20. The monoisotopic (exact) mass is 93.0 g/mol. The van der Waals surface area contributed by atoms with Crippen LogP contribution in [0.4, 0.5) is 13.2 Å². The highest BCUT2D eigenvalue weighted by Gasteiger charge is 1.93. The molecule has 0 spiro atoms. The molecule has 3 heteroatoms. The van der Waals surface area contributed by atoms with Gasteiger partial charge in [0, 0.05) is 5.92 Å². The molecule has 1 radical (unpaired) electrons. The van der Waals surface area contributed by atoms with Crippen molar-refractivity contribution in [1.82, 2.24) is 0 Å². The maximum atomic E-state index is 10.5. The molecule has 0 aliphatic rings. The zero-order chi connectivity index (χ0) is 4.99. The van der Waals surface area contributed by atoms with Crippen molar-refractivity contribution in [2.75, 3.05) is 0 Å². The van der Waals surface area contributed by atoms with Crippen LogP contribution in [0.25, 0.3) is 0 Å². The van der Waals surface area contributed by atoms with Crippen molar-refractivity contribution in [3.8, 4) is 12.1 Å². The van der Waals surface area contributed by atoms with E-state index in [1.165, 1.54) is 0 Å². The van der Waals surface area contributed by atoms with Gasteiger partial charge in [-0.2, -0.15) is 8.78 Å². The zero-order valence-electron chi connectivity index (χ0n) is 2.63. The maximum absolute atomic E-state index is 10.5. The van der Waals surface area contributed by atoms with Crippen LogP contribution in [0.2, 0.25) is 0 Å². The summed E-state index contributed by atoms with van der Waals surface area (Å²) in [5.74, 6) is 0.875. The molecule has 0 atom stereocenters. The van der Waals surface area contributed by atoms with Crippen LogP contribution in [0, 0.1) is 18.5 Å². The Morgan fingerprint density at radius 2 is 1.83 bits per heavy atom. The van der Waals surface area contributed by atoms with Gasteiger partial charge in [-0.05, 0) is 0 Å². The second-order valence-corrected chi connectivity index (χ2v) is 0.480. The quantitative estimate of drug-likeness (QED) is 0.396. The molecule has 0 N–H and O–H groups in total. The van der Waals surface area contributed by atoms with Crippen molar-refractivity contribution in [1.29, 1.82) is 0 Å². The molecular weight excluding hydrogens is 93.0 g/mol. The summed E-state index contributed by atoms with van der Waals surface area (Å²) < 4.78 is 31.5. The molecule has 0 nitrogen and oxygen atoms in total. The van der Waals surface area contributed by atoms with Crippen molar-refractivity contribution in [3.63, 3.8) is 0 Å². The predicted octanol–water partition coefficient (Wildman–Crippen LogP) is 1.35. The Morgan fingerprint density at radius 3 is 1.83 bits per heavy atom. The van der Waals surface area contributed by atoms with E-state index in [1.54, 1.807) is 0 Å². The zero-order valence-corrected chi connectivity index (χ0v) is 2.63. The van der Waals surface area contributed by atoms with Gasteiger partial charge < -0.3 is 0 Å². The van der Waals surface area contributed by atoms with E-state index < -0.39 is 6.43 Å². The van der Waals surface area contributed by atoms with Crippen molar-refractivity contribution in [3.05, 3.63) is 6.43 Å². The first-order valence-electron chi connectivity index (χ1n) is 1.07. The van der Waals surface area contributed by atoms with Gasteiger partial charge in [0.2, 0.25) is 0 Å². The van der Waals surface area contributed by atoms with E-state index in [0.29, 0.717) is 6.17 Å². The lowest BCUT2D eigenvalue weighted by molar-refractivity contribution is 0.342. The summed E-state index contributed by atoms with van der Waals surface area (Å²) in [6, 6.07) is 0. The van der Waals surface area contributed by atoms with E-state index in [0.717, 1.165) is 5.92 Å². The minimum Gasteiger partial charge on any atom is -0.183 e. The van der Waals surface area contributed by atoms with Gasteiger partial charge in [0.1, 0.15) is 6.17 Å². The first kappa shape index (κ1) is 5.35. The smallest absolute Gasteiger partial charge is 0.183 e. The Bertz CT molecular complexity index is 75.8. The number of halogens is 3. The Morgan fingerprint density at radius 1 is 1.33 bits per heavy atom. The molecule has 0 aromatic heterocycles. The second-order valence-electron chi connectivity index (χ2n) is 0.480. The lowest BCUT2D eigenvalue weighted by Gasteiger charge is -1.67.